The van der Waals surface area contributed by atoms with Gasteiger partial charge in [0.15, 0.2) is 0 Å². The lowest BCUT2D eigenvalue weighted by molar-refractivity contribution is 0.680. The fourth-order valence-corrected chi connectivity index (χ4v) is 2.88. The molecule has 2 nitrogen and oxygen atoms in total. The maximum atomic E-state index is 5.89. The highest BCUT2D eigenvalue weighted by molar-refractivity contribution is 9.10. The number of rotatable bonds is 5. The van der Waals surface area contributed by atoms with E-state index in [0.29, 0.717) is 0 Å². The summed E-state index contributed by atoms with van der Waals surface area (Å²) in [7, 11) is 0. The zero-order valence-corrected chi connectivity index (χ0v) is 12.3. The predicted octanol–water partition coefficient (Wildman–Crippen LogP) is 3.89. The molecule has 0 amide bonds. The van der Waals surface area contributed by atoms with Gasteiger partial charge in [0.1, 0.15) is 0 Å². The van der Waals surface area contributed by atoms with Crippen molar-refractivity contribution in [2.24, 2.45) is 0 Å². The van der Waals surface area contributed by atoms with Crippen LogP contribution >= 0.6 is 38.9 Å². The topological polar surface area (TPSA) is 24.9 Å². The summed E-state index contributed by atoms with van der Waals surface area (Å²) in [5, 5.41) is 6.23. The lowest BCUT2D eigenvalue weighted by Gasteiger charge is -2.06. The van der Waals surface area contributed by atoms with E-state index in [1.807, 2.05) is 23.7 Å². The molecular formula is C12H12BrClN2S. The van der Waals surface area contributed by atoms with E-state index in [2.05, 4.69) is 31.6 Å². The Morgan fingerprint density at radius 2 is 2.29 bits per heavy atom. The van der Waals surface area contributed by atoms with Crippen molar-refractivity contribution in [3.05, 3.63) is 49.8 Å². The smallest absolute Gasteiger partial charge is 0.0794 e. The van der Waals surface area contributed by atoms with E-state index in [1.54, 1.807) is 11.3 Å². The minimum absolute atomic E-state index is 0.753. The third kappa shape index (κ3) is 4.07. The SMILES string of the molecule is Clc1ccc(CNCCc2cscn2)c(Br)c1. The molecule has 0 radical (unpaired) electrons. The van der Waals surface area contributed by atoms with Crippen LogP contribution in [0.1, 0.15) is 11.3 Å². The summed E-state index contributed by atoms with van der Waals surface area (Å²) >= 11 is 11.0. The number of benzene rings is 1. The third-order valence-electron chi connectivity index (χ3n) is 2.37. The fourth-order valence-electron chi connectivity index (χ4n) is 1.47. The largest absolute Gasteiger partial charge is 0.312 e. The van der Waals surface area contributed by atoms with Crippen LogP contribution in [-0.2, 0) is 13.0 Å². The van der Waals surface area contributed by atoms with Crippen molar-refractivity contribution in [3.63, 3.8) is 0 Å². The average molecular weight is 332 g/mol. The zero-order valence-electron chi connectivity index (χ0n) is 9.12. The van der Waals surface area contributed by atoms with Gasteiger partial charge in [-0.25, -0.2) is 4.98 Å². The Labute approximate surface area is 118 Å². The molecule has 0 atom stereocenters. The van der Waals surface area contributed by atoms with E-state index in [0.717, 1.165) is 34.7 Å². The molecule has 2 rings (SSSR count). The van der Waals surface area contributed by atoms with Crippen molar-refractivity contribution in [1.82, 2.24) is 10.3 Å². The number of halogens is 2. The summed E-state index contributed by atoms with van der Waals surface area (Å²) in [5.41, 5.74) is 4.23. The first-order valence-corrected chi connectivity index (χ1v) is 7.39. The van der Waals surface area contributed by atoms with Crippen molar-refractivity contribution < 1.29 is 0 Å². The standard InChI is InChI=1S/C12H12BrClN2S/c13-12-5-10(14)2-1-9(12)6-15-4-3-11-7-17-8-16-11/h1-2,5,7-8,15H,3-4,6H2. The number of thiazole rings is 1. The van der Waals surface area contributed by atoms with Gasteiger partial charge in [0, 0.05) is 34.4 Å². The first-order valence-electron chi connectivity index (χ1n) is 5.27. The number of hydrogen-bond acceptors (Lipinski definition) is 3. The summed E-state index contributed by atoms with van der Waals surface area (Å²) in [4.78, 5) is 4.24. The molecule has 2 aromatic rings. The van der Waals surface area contributed by atoms with E-state index < -0.39 is 0 Å². The van der Waals surface area contributed by atoms with E-state index in [-0.39, 0.29) is 0 Å². The quantitative estimate of drug-likeness (QED) is 0.841. The van der Waals surface area contributed by atoms with Gasteiger partial charge in [-0.2, -0.15) is 0 Å². The minimum Gasteiger partial charge on any atom is -0.312 e. The summed E-state index contributed by atoms with van der Waals surface area (Å²) in [5.74, 6) is 0. The van der Waals surface area contributed by atoms with Gasteiger partial charge in [-0.15, -0.1) is 11.3 Å². The van der Waals surface area contributed by atoms with Gasteiger partial charge in [0.2, 0.25) is 0 Å². The number of hydrogen-bond donors (Lipinski definition) is 1. The molecule has 0 aliphatic rings. The van der Waals surface area contributed by atoms with Crippen LogP contribution in [0.2, 0.25) is 5.02 Å². The Kier molecular flexibility index (Phi) is 4.98. The molecule has 1 N–H and O–H groups in total. The second-order valence-corrected chi connectivity index (χ2v) is 5.65. The first kappa shape index (κ1) is 13.0. The Morgan fingerprint density at radius 3 is 3.00 bits per heavy atom. The van der Waals surface area contributed by atoms with Crippen LogP contribution in [0.25, 0.3) is 0 Å². The van der Waals surface area contributed by atoms with Crippen LogP contribution in [0.3, 0.4) is 0 Å². The van der Waals surface area contributed by atoms with Gasteiger partial charge in [-0.05, 0) is 17.7 Å². The van der Waals surface area contributed by atoms with Crippen molar-refractivity contribution in [3.8, 4) is 0 Å². The van der Waals surface area contributed by atoms with Crippen LogP contribution < -0.4 is 5.32 Å². The Bertz CT molecular complexity index is 473. The molecule has 0 aliphatic heterocycles. The molecule has 0 fully saturated rings. The molecular weight excluding hydrogens is 320 g/mol. The van der Waals surface area contributed by atoms with Gasteiger partial charge < -0.3 is 5.32 Å². The lowest BCUT2D eigenvalue weighted by atomic mass is 10.2. The maximum absolute atomic E-state index is 5.89. The van der Waals surface area contributed by atoms with Crippen LogP contribution in [0.15, 0.2) is 33.6 Å². The Hall–Kier alpha value is -0.420. The molecule has 0 aliphatic carbocycles. The highest BCUT2D eigenvalue weighted by Gasteiger charge is 2.00. The molecule has 0 saturated heterocycles. The van der Waals surface area contributed by atoms with Crippen molar-refractivity contribution in [1.29, 1.82) is 0 Å². The monoisotopic (exact) mass is 330 g/mol. The van der Waals surface area contributed by atoms with Crippen LogP contribution in [0.5, 0.6) is 0 Å². The zero-order chi connectivity index (χ0) is 12.1. The first-order chi connectivity index (χ1) is 8.25. The molecule has 90 valence electrons. The van der Waals surface area contributed by atoms with Gasteiger partial charge in [0.25, 0.3) is 0 Å². The summed E-state index contributed by atoms with van der Waals surface area (Å²) in [6.07, 6.45) is 0.967. The predicted molar refractivity (Wildman–Crippen MR) is 76.7 cm³/mol. The second-order valence-electron chi connectivity index (χ2n) is 3.64. The normalized spacial score (nSPS) is 10.7. The van der Waals surface area contributed by atoms with E-state index in [1.165, 1.54) is 5.56 Å². The van der Waals surface area contributed by atoms with Crippen molar-refractivity contribution >= 4 is 38.9 Å². The van der Waals surface area contributed by atoms with E-state index in [4.69, 9.17) is 11.6 Å². The lowest BCUT2D eigenvalue weighted by Crippen LogP contribution is -2.17. The second kappa shape index (κ2) is 6.50. The van der Waals surface area contributed by atoms with Gasteiger partial charge >= 0.3 is 0 Å². The minimum atomic E-state index is 0.753. The van der Waals surface area contributed by atoms with Gasteiger partial charge in [-0.3, -0.25) is 0 Å². The van der Waals surface area contributed by atoms with E-state index in [9.17, 15) is 0 Å². The number of aromatic nitrogens is 1. The highest BCUT2D eigenvalue weighted by Crippen LogP contribution is 2.21. The Balaban J connectivity index is 1.78. The maximum Gasteiger partial charge on any atom is 0.0794 e. The highest BCUT2D eigenvalue weighted by atomic mass is 79.9. The van der Waals surface area contributed by atoms with Gasteiger partial charge in [0.05, 0.1) is 11.2 Å². The number of nitrogens with zero attached hydrogens (tertiary/aromatic N) is 1. The molecule has 1 heterocycles. The molecule has 0 saturated carbocycles. The van der Waals surface area contributed by atoms with Gasteiger partial charge in [-0.1, -0.05) is 33.6 Å². The molecule has 5 heteroatoms. The molecule has 1 aromatic carbocycles. The molecule has 1 aromatic heterocycles. The molecule has 0 bridgehead atoms. The average Bonchev–Trinajstić information content (AvgIpc) is 2.79. The molecule has 0 unspecified atom stereocenters. The summed E-state index contributed by atoms with van der Waals surface area (Å²) in [6.45, 7) is 1.76. The van der Waals surface area contributed by atoms with Crippen LogP contribution in [-0.4, -0.2) is 11.5 Å². The van der Waals surface area contributed by atoms with Crippen LogP contribution in [0.4, 0.5) is 0 Å². The number of nitrogens with one attached hydrogen (secondary N) is 1. The third-order valence-corrected chi connectivity index (χ3v) is 3.98. The molecule has 0 spiro atoms. The summed E-state index contributed by atoms with van der Waals surface area (Å²) in [6, 6.07) is 5.85. The fraction of sp³-hybridized carbons (Fsp3) is 0.250. The van der Waals surface area contributed by atoms with E-state index >= 15 is 0 Å². The van der Waals surface area contributed by atoms with Crippen molar-refractivity contribution in [2.75, 3.05) is 6.54 Å². The Morgan fingerprint density at radius 1 is 1.41 bits per heavy atom. The van der Waals surface area contributed by atoms with Crippen molar-refractivity contribution in [2.45, 2.75) is 13.0 Å². The summed E-state index contributed by atoms with van der Waals surface area (Å²) < 4.78 is 1.05. The van der Waals surface area contributed by atoms with Crippen LogP contribution in [0, 0.1) is 0 Å². The molecule has 17 heavy (non-hydrogen) atoms.